The minimum absolute atomic E-state index is 0.102. The topological polar surface area (TPSA) is 82.1 Å². The van der Waals surface area contributed by atoms with Crippen LogP contribution in [-0.4, -0.2) is 51.2 Å². The van der Waals surface area contributed by atoms with Crippen molar-refractivity contribution in [1.82, 2.24) is 4.90 Å². The molecule has 1 fully saturated rings. The first-order valence-corrected chi connectivity index (χ1v) is 12.5. The average molecular weight is 482 g/mol. The minimum atomic E-state index is -3.93. The molecular formula is C26H27NO6S. The van der Waals surface area contributed by atoms with Crippen LogP contribution in [0.3, 0.4) is 0 Å². The van der Waals surface area contributed by atoms with Gasteiger partial charge in [-0.1, -0.05) is 60.7 Å². The van der Waals surface area contributed by atoms with Crippen molar-refractivity contribution < 1.29 is 27.4 Å². The number of sulfone groups is 1. The molecule has 1 amide bonds. The van der Waals surface area contributed by atoms with E-state index in [1.807, 2.05) is 54.6 Å². The van der Waals surface area contributed by atoms with Crippen LogP contribution in [0.25, 0.3) is 0 Å². The quantitative estimate of drug-likeness (QED) is 0.434. The summed E-state index contributed by atoms with van der Waals surface area (Å²) in [7, 11) is -2.34. The fourth-order valence-corrected chi connectivity index (χ4v) is 5.64. The van der Waals surface area contributed by atoms with E-state index in [4.69, 9.17) is 14.2 Å². The average Bonchev–Trinajstić information content (AvgIpc) is 3.22. The van der Waals surface area contributed by atoms with Crippen molar-refractivity contribution in [3.05, 3.63) is 96.1 Å². The Labute approximate surface area is 199 Å². The van der Waals surface area contributed by atoms with E-state index in [2.05, 4.69) is 0 Å². The molecule has 1 saturated heterocycles. The molecule has 0 aliphatic carbocycles. The van der Waals surface area contributed by atoms with Crippen molar-refractivity contribution >= 4 is 15.9 Å². The normalized spacial score (nSPS) is 16.8. The van der Waals surface area contributed by atoms with Gasteiger partial charge < -0.3 is 14.2 Å². The van der Waals surface area contributed by atoms with E-state index in [-0.39, 0.29) is 24.7 Å². The van der Waals surface area contributed by atoms with Gasteiger partial charge in [0, 0.05) is 0 Å². The summed E-state index contributed by atoms with van der Waals surface area (Å²) >= 11 is 0. The van der Waals surface area contributed by atoms with Crippen molar-refractivity contribution in [3.63, 3.8) is 0 Å². The van der Waals surface area contributed by atoms with Crippen LogP contribution in [0.15, 0.2) is 89.8 Å². The van der Waals surface area contributed by atoms with Crippen LogP contribution < -0.4 is 4.74 Å². The van der Waals surface area contributed by atoms with Gasteiger partial charge in [0.25, 0.3) is 0 Å². The summed E-state index contributed by atoms with van der Waals surface area (Å²) < 4.78 is 43.6. The number of ether oxygens (including phenoxy) is 3. The van der Waals surface area contributed by atoms with Crippen LogP contribution in [0, 0.1) is 0 Å². The Balaban J connectivity index is 1.60. The molecule has 7 nitrogen and oxygen atoms in total. The highest BCUT2D eigenvalue weighted by atomic mass is 32.2. The standard InChI is InChI=1S/C26H27NO6S/c1-31-23-14-12-20(13-15-23)16-22-18-33-26(28)27(22)25(19-32-17-21-8-4-2-5-9-21)34(29,30)24-10-6-3-7-11-24/h2-15,22,25H,16-19H2,1H3/t22-,25?/m0/s1. The predicted octanol–water partition coefficient (Wildman–Crippen LogP) is 4.08. The lowest BCUT2D eigenvalue weighted by Gasteiger charge is -2.30. The largest absolute Gasteiger partial charge is 0.497 e. The van der Waals surface area contributed by atoms with E-state index in [1.54, 1.807) is 25.3 Å². The number of benzene rings is 3. The van der Waals surface area contributed by atoms with Gasteiger partial charge in [0.05, 0.1) is 31.3 Å². The number of nitrogens with zero attached hydrogens (tertiary/aromatic N) is 1. The third-order valence-electron chi connectivity index (χ3n) is 5.75. The Morgan fingerprint density at radius 2 is 1.59 bits per heavy atom. The summed E-state index contributed by atoms with van der Waals surface area (Å²) in [5.41, 5.74) is 1.85. The first kappa shape index (κ1) is 23.8. The lowest BCUT2D eigenvalue weighted by Crippen LogP contribution is -2.49. The summed E-state index contributed by atoms with van der Waals surface area (Å²) in [6, 6.07) is 24.6. The van der Waals surface area contributed by atoms with E-state index in [9.17, 15) is 13.2 Å². The van der Waals surface area contributed by atoms with Crippen LogP contribution >= 0.6 is 0 Å². The number of carbonyl (C=O) groups excluding carboxylic acids is 1. The highest BCUT2D eigenvalue weighted by Gasteiger charge is 2.44. The van der Waals surface area contributed by atoms with Gasteiger partial charge in [0.1, 0.15) is 12.4 Å². The Hall–Kier alpha value is -3.36. The summed E-state index contributed by atoms with van der Waals surface area (Å²) in [5.74, 6) is 0.721. The van der Waals surface area contributed by atoms with Gasteiger partial charge >= 0.3 is 6.09 Å². The van der Waals surface area contributed by atoms with Gasteiger partial charge in [-0.15, -0.1) is 0 Å². The molecule has 1 aliphatic rings. The molecule has 0 radical (unpaired) electrons. The highest BCUT2D eigenvalue weighted by Crippen LogP contribution is 2.27. The van der Waals surface area contributed by atoms with E-state index in [0.29, 0.717) is 6.42 Å². The molecule has 4 rings (SSSR count). The molecule has 0 aromatic heterocycles. The van der Waals surface area contributed by atoms with Crippen molar-refractivity contribution in [3.8, 4) is 5.75 Å². The number of cyclic esters (lactones) is 1. The van der Waals surface area contributed by atoms with E-state index in [0.717, 1.165) is 16.9 Å². The summed E-state index contributed by atoms with van der Waals surface area (Å²) in [5, 5.41) is -1.23. The summed E-state index contributed by atoms with van der Waals surface area (Å²) in [4.78, 5) is 14.2. The SMILES string of the molecule is COc1ccc(C[C@H]2COC(=O)N2C(COCc2ccccc2)S(=O)(=O)c2ccccc2)cc1. The van der Waals surface area contributed by atoms with Crippen LogP contribution in [0.5, 0.6) is 5.75 Å². The van der Waals surface area contributed by atoms with E-state index in [1.165, 1.54) is 17.0 Å². The van der Waals surface area contributed by atoms with Gasteiger partial charge in [-0.25, -0.2) is 13.2 Å². The summed E-state index contributed by atoms with van der Waals surface area (Å²) in [6.45, 7) is 0.151. The smallest absolute Gasteiger partial charge is 0.411 e. The van der Waals surface area contributed by atoms with Gasteiger partial charge in [-0.05, 0) is 41.8 Å². The molecule has 3 aromatic carbocycles. The predicted molar refractivity (Wildman–Crippen MR) is 127 cm³/mol. The number of rotatable bonds is 10. The van der Waals surface area contributed by atoms with Crippen LogP contribution in [0.1, 0.15) is 11.1 Å². The number of hydrogen-bond acceptors (Lipinski definition) is 6. The van der Waals surface area contributed by atoms with Gasteiger partial charge in [-0.3, -0.25) is 4.90 Å². The molecular weight excluding hydrogens is 454 g/mol. The Kier molecular flexibility index (Phi) is 7.49. The van der Waals surface area contributed by atoms with Gasteiger partial charge in [-0.2, -0.15) is 0 Å². The third-order valence-corrected chi connectivity index (χ3v) is 7.75. The first-order chi connectivity index (χ1) is 16.5. The summed E-state index contributed by atoms with van der Waals surface area (Å²) in [6.07, 6.45) is -0.221. The van der Waals surface area contributed by atoms with Crippen LogP contribution in [-0.2, 0) is 32.3 Å². The minimum Gasteiger partial charge on any atom is -0.497 e. The maximum absolute atomic E-state index is 13.6. The maximum atomic E-state index is 13.6. The Bertz CT molecular complexity index is 1180. The molecule has 3 aromatic rings. The number of hydrogen-bond donors (Lipinski definition) is 0. The maximum Gasteiger partial charge on any atom is 0.411 e. The molecule has 0 N–H and O–H groups in total. The highest BCUT2D eigenvalue weighted by molar-refractivity contribution is 7.92. The zero-order valence-electron chi connectivity index (χ0n) is 18.9. The fraction of sp³-hybridized carbons (Fsp3) is 0.269. The van der Waals surface area contributed by atoms with Crippen molar-refractivity contribution in [1.29, 1.82) is 0 Å². The Morgan fingerprint density at radius 1 is 0.941 bits per heavy atom. The molecule has 1 unspecified atom stereocenters. The van der Waals surface area contributed by atoms with E-state index < -0.39 is 27.3 Å². The van der Waals surface area contributed by atoms with E-state index >= 15 is 0 Å². The van der Waals surface area contributed by atoms with Crippen LogP contribution in [0.4, 0.5) is 4.79 Å². The monoisotopic (exact) mass is 481 g/mol. The zero-order chi connectivity index (χ0) is 24.0. The zero-order valence-corrected chi connectivity index (χ0v) is 19.7. The molecule has 0 saturated carbocycles. The number of carbonyl (C=O) groups is 1. The molecule has 178 valence electrons. The van der Waals surface area contributed by atoms with Crippen molar-refractivity contribution in [2.75, 3.05) is 20.3 Å². The molecule has 1 aliphatic heterocycles. The molecule has 34 heavy (non-hydrogen) atoms. The molecule has 0 bridgehead atoms. The van der Waals surface area contributed by atoms with Gasteiger partial charge in [0.2, 0.25) is 9.84 Å². The second kappa shape index (κ2) is 10.7. The van der Waals surface area contributed by atoms with Crippen molar-refractivity contribution in [2.24, 2.45) is 0 Å². The molecule has 8 heteroatoms. The number of amides is 1. The van der Waals surface area contributed by atoms with Gasteiger partial charge in [0.15, 0.2) is 5.37 Å². The fourth-order valence-electron chi connectivity index (χ4n) is 3.95. The third kappa shape index (κ3) is 5.40. The molecule has 1 heterocycles. The Morgan fingerprint density at radius 3 is 2.24 bits per heavy atom. The molecule has 0 spiro atoms. The van der Waals surface area contributed by atoms with Crippen molar-refractivity contribution in [2.45, 2.75) is 29.3 Å². The van der Waals surface area contributed by atoms with Crippen LogP contribution in [0.2, 0.25) is 0 Å². The first-order valence-electron chi connectivity index (χ1n) is 11.0. The second-order valence-corrected chi connectivity index (χ2v) is 10.1. The molecule has 2 atom stereocenters. The number of methoxy groups -OCH3 is 1. The lowest BCUT2D eigenvalue weighted by atomic mass is 10.1. The lowest BCUT2D eigenvalue weighted by molar-refractivity contribution is 0.0802. The second-order valence-electron chi connectivity index (χ2n) is 8.00.